The lowest BCUT2D eigenvalue weighted by Gasteiger charge is -2.29. The van der Waals surface area contributed by atoms with Crippen LogP contribution >= 0.6 is 0 Å². The zero-order chi connectivity index (χ0) is 21.1. The molecule has 0 bridgehead atoms. The fraction of sp³-hybridized carbons (Fsp3) is 0.261. The lowest BCUT2D eigenvalue weighted by molar-refractivity contribution is -0.133. The Kier molecular flexibility index (Phi) is 5.52. The molecule has 30 heavy (non-hydrogen) atoms. The summed E-state index contributed by atoms with van der Waals surface area (Å²) in [4.78, 5) is 27.0. The second-order valence-corrected chi connectivity index (χ2v) is 7.11. The number of hydrogen-bond donors (Lipinski definition) is 0. The van der Waals surface area contributed by atoms with Gasteiger partial charge >= 0.3 is 0 Å². The van der Waals surface area contributed by atoms with Crippen molar-refractivity contribution in [3.05, 3.63) is 76.1 Å². The van der Waals surface area contributed by atoms with E-state index in [2.05, 4.69) is 11.2 Å². The van der Waals surface area contributed by atoms with Gasteiger partial charge in [0.25, 0.3) is 5.56 Å². The zero-order valence-electron chi connectivity index (χ0n) is 17.0. The molecule has 0 unspecified atom stereocenters. The first kappa shape index (κ1) is 19.7. The number of amides is 1. The highest BCUT2D eigenvalue weighted by molar-refractivity contribution is 5.76. The number of nitrogens with zero attached hydrogens (tertiary/aromatic N) is 3. The fourth-order valence-corrected chi connectivity index (χ4v) is 3.66. The summed E-state index contributed by atoms with van der Waals surface area (Å²) in [5.74, 6) is 1.12. The predicted molar refractivity (Wildman–Crippen MR) is 113 cm³/mol. The normalized spacial score (nSPS) is 12.9. The van der Waals surface area contributed by atoms with Gasteiger partial charge in [-0.05, 0) is 41.8 Å². The molecule has 1 aromatic heterocycles. The molecule has 0 saturated carbocycles. The fourth-order valence-electron chi connectivity index (χ4n) is 3.66. The maximum atomic E-state index is 12.9. The molecule has 2 heterocycles. The standard InChI is InChI=1S/C23H23N3O4/c1-29-18-7-9-21(30-2)19(13-18)20-8-10-22(27)26(24-20)15-23(28)25-12-11-16-5-3-4-6-17(16)14-25/h3-10,13H,11-12,14-15H2,1-2H3. The highest BCUT2D eigenvalue weighted by atomic mass is 16.5. The van der Waals surface area contributed by atoms with Gasteiger partial charge in [-0.25, -0.2) is 4.68 Å². The molecule has 1 aliphatic heterocycles. The third kappa shape index (κ3) is 3.91. The van der Waals surface area contributed by atoms with Crippen molar-refractivity contribution in [2.75, 3.05) is 20.8 Å². The van der Waals surface area contributed by atoms with E-state index in [9.17, 15) is 9.59 Å². The molecular weight excluding hydrogens is 382 g/mol. The van der Waals surface area contributed by atoms with E-state index < -0.39 is 0 Å². The predicted octanol–water partition coefficient (Wildman–Crippen LogP) is 2.51. The van der Waals surface area contributed by atoms with Crippen LogP contribution in [0.15, 0.2) is 59.4 Å². The summed E-state index contributed by atoms with van der Waals surface area (Å²) < 4.78 is 11.9. The van der Waals surface area contributed by atoms with Crippen molar-refractivity contribution in [2.24, 2.45) is 0 Å². The van der Waals surface area contributed by atoms with Crippen LogP contribution in [0.3, 0.4) is 0 Å². The van der Waals surface area contributed by atoms with Gasteiger partial charge in [-0.15, -0.1) is 0 Å². The van der Waals surface area contributed by atoms with E-state index >= 15 is 0 Å². The Bertz CT molecular complexity index is 1140. The summed E-state index contributed by atoms with van der Waals surface area (Å²) >= 11 is 0. The first-order valence-corrected chi connectivity index (χ1v) is 9.74. The lowest BCUT2D eigenvalue weighted by atomic mass is 10.00. The van der Waals surface area contributed by atoms with E-state index in [-0.39, 0.29) is 18.0 Å². The number of hydrogen-bond acceptors (Lipinski definition) is 5. The zero-order valence-corrected chi connectivity index (χ0v) is 17.0. The minimum atomic E-state index is -0.327. The van der Waals surface area contributed by atoms with Crippen molar-refractivity contribution in [3.8, 4) is 22.8 Å². The molecule has 0 radical (unpaired) electrons. The largest absolute Gasteiger partial charge is 0.497 e. The minimum Gasteiger partial charge on any atom is -0.497 e. The molecule has 154 valence electrons. The highest BCUT2D eigenvalue weighted by Gasteiger charge is 2.21. The number of carbonyl (C=O) groups excluding carboxylic acids is 1. The van der Waals surface area contributed by atoms with Crippen molar-refractivity contribution in [2.45, 2.75) is 19.5 Å². The van der Waals surface area contributed by atoms with E-state index in [0.29, 0.717) is 35.8 Å². The second kappa shape index (κ2) is 8.41. The van der Waals surface area contributed by atoms with Crippen LogP contribution in [0.1, 0.15) is 11.1 Å². The Morgan fingerprint density at radius 2 is 1.83 bits per heavy atom. The number of aromatic nitrogens is 2. The van der Waals surface area contributed by atoms with E-state index in [1.165, 1.54) is 16.3 Å². The van der Waals surface area contributed by atoms with E-state index in [1.807, 2.05) is 18.2 Å². The molecule has 2 aromatic carbocycles. The minimum absolute atomic E-state index is 0.110. The van der Waals surface area contributed by atoms with Crippen LogP contribution in [0.4, 0.5) is 0 Å². The van der Waals surface area contributed by atoms with Crippen molar-refractivity contribution in [3.63, 3.8) is 0 Å². The van der Waals surface area contributed by atoms with E-state index in [0.717, 1.165) is 12.0 Å². The van der Waals surface area contributed by atoms with Gasteiger partial charge in [0.1, 0.15) is 18.0 Å². The topological polar surface area (TPSA) is 73.7 Å². The van der Waals surface area contributed by atoms with Crippen LogP contribution in [0.5, 0.6) is 11.5 Å². The lowest BCUT2D eigenvalue weighted by Crippen LogP contribution is -2.40. The summed E-state index contributed by atoms with van der Waals surface area (Å²) in [6.45, 7) is 1.07. The van der Waals surface area contributed by atoms with Crippen LogP contribution < -0.4 is 15.0 Å². The van der Waals surface area contributed by atoms with Crippen molar-refractivity contribution >= 4 is 5.91 Å². The smallest absolute Gasteiger partial charge is 0.267 e. The van der Waals surface area contributed by atoms with Crippen molar-refractivity contribution in [1.29, 1.82) is 0 Å². The molecule has 7 heteroatoms. The number of fused-ring (bicyclic) bond motifs is 1. The van der Waals surface area contributed by atoms with Gasteiger partial charge in [-0.1, -0.05) is 24.3 Å². The van der Waals surface area contributed by atoms with Gasteiger partial charge in [0.2, 0.25) is 5.91 Å². The first-order chi connectivity index (χ1) is 14.6. The third-order valence-corrected chi connectivity index (χ3v) is 5.32. The van der Waals surface area contributed by atoms with Crippen LogP contribution in [-0.2, 0) is 24.3 Å². The summed E-state index contributed by atoms with van der Waals surface area (Å²) in [7, 11) is 3.15. The molecule has 0 fully saturated rings. The number of rotatable bonds is 5. The van der Waals surface area contributed by atoms with Crippen LogP contribution in [-0.4, -0.2) is 41.4 Å². The van der Waals surface area contributed by atoms with Gasteiger partial charge in [-0.2, -0.15) is 5.10 Å². The molecule has 0 spiro atoms. The molecule has 0 aliphatic carbocycles. The molecule has 1 amide bonds. The van der Waals surface area contributed by atoms with Gasteiger partial charge < -0.3 is 14.4 Å². The van der Waals surface area contributed by atoms with Gasteiger partial charge in [0.05, 0.1) is 19.9 Å². The molecule has 0 N–H and O–H groups in total. The van der Waals surface area contributed by atoms with Crippen molar-refractivity contribution in [1.82, 2.24) is 14.7 Å². The number of methoxy groups -OCH3 is 2. The molecule has 0 atom stereocenters. The summed E-state index contributed by atoms with van der Waals surface area (Å²) in [5, 5.41) is 4.43. The molecule has 0 saturated heterocycles. The van der Waals surface area contributed by atoms with Gasteiger partial charge in [0.15, 0.2) is 0 Å². The molecule has 1 aliphatic rings. The molecule has 3 aromatic rings. The Morgan fingerprint density at radius 3 is 2.60 bits per heavy atom. The van der Waals surface area contributed by atoms with E-state index in [4.69, 9.17) is 9.47 Å². The van der Waals surface area contributed by atoms with Crippen molar-refractivity contribution < 1.29 is 14.3 Å². The Morgan fingerprint density at radius 1 is 1.03 bits per heavy atom. The SMILES string of the molecule is COc1ccc(OC)c(-c2ccc(=O)n(CC(=O)N3CCc4ccccc4C3)n2)c1. The monoisotopic (exact) mass is 405 g/mol. The van der Waals surface area contributed by atoms with Gasteiger partial charge in [0, 0.05) is 24.7 Å². The first-order valence-electron chi connectivity index (χ1n) is 9.74. The average Bonchev–Trinajstić information content (AvgIpc) is 2.79. The number of carbonyl (C=O) groups is 1. The van der Waals surface area contributed by atoms with Crippen LogP contribution in [0.25, 0.3) is 11.3 Å². The maximum Gasteiger partial charge on any atom is 0.267 e. The van der Waals surface area contributed by atoms with E-state index in [1.54, 1.807) is 43.4 Å². The highest BCUT2D eigenvalue weighted by Crippen LogP contribution is 2.31. The molecule has 7 nitrogen and oxygen atoms in total. The summed E-state index contributed by atoms with van der Waals surface area (Å²) in [6.07, 6.45) is 0.811. The Balaban J connectivity index is 1.59. The third-order valence-electron chi connectivity index (χ3n) is 5.32. The Hall–Kier alpha value is -3.61. The summed E-state index contributed by atoms with van der Waals surface area (Å²) in [5.41, 5.74) is 3.30. The molecule has 4 rings (SSSR count). The van der Waals surface area contributed by atoms with Crippen LogP contribution in [0.2, 0.25) is 0 Å². The van der Waals surface area contributed by atoms with Crippen LogP contribution in [0, 0.1) is 0 Å². The Labute approximate surface area is 174 Å². The quantitative estimate of drug-likeness (QED) is 0.652. The summed E-state index contributed by atoms with van der Waals surface area (Å²) in [6, 6.07) is 16.5. The second-order valence-electron chi connectivity index (χ2n) is 7.11. The molecular formula is C23H23N3O4. The van der Waals surface area contributed by atoms with Gasteiger partial charge in [-0.3, -0.25) is 9.59 Å². The average molecular weight is 405 g/mol. The maximum absolute atomic E-state index is 12.9. The number of ether oxygens (including phenoxy) is 2. The number of benzene rings is 2.